The zero-order valence-corrected chi connectivity index (χ0v) is 20.4. The Balaban J connectivity index is 1.40. The van der Waals surface area contributed by atoms with Crippen LogP contribution in [0, 0.1) is 5.92 Å². The highest BCUT2D eigenvalue weighted by molar-refractivity contribution is 5.72. The number of hydrogen-bond donors (Lipinski definition) is 0. The summed E-state index contributed by atoms with van der Waals surface area (Å²) in [4.78, 5) is 20.8. The first-order chi connectivity index (χ1) is 16.2. The second-order valence-electron chi connectivity index (χ2n) is 9.26. The molecule has 2 unspecified atom stereocenters. The first-order valence-electron chi connectivity index (χ1n) is 12.9. The number of hydrogen-bond acceptors (Lipinski definition) is 5. The van der Waals surface area contributed by atoms with E-state index in [2.05, 4.69) is 23.8 Å². The van der Waals surface area contributed by atoms with Gasteiger partial charge in [-0.3, -0.25) is 4.79 Å². The molecule has 0 spiro atoms. The van der Waals surface area contributed by atoms with Gasteiger partial charge in [0.15, 0.2) is 5.82 Å². The SMILES string of the molecule is CCCCCCCCCCc1cnc(-c2ccc(OCC3CC(=O)OC3CCC)cc2)nc1. The van der Waals surface area contributed by atoms with Gasteiger partial charge in [-0.2, -0.15) is 0 Å². The third-order valence-corrected chi connectivity index (χ3v) is 6.41. The van der Waals surface area contributed by atoms with Crippen molar-refractivity contribution >= 4 is 5.97 Å². The number of aromatic nitrogens is 2. The Morgan fingerprint density at radius 2 is 1.58 bits per heavy atom. The smallest absolute Gasteiger partial charge is 0.306 e. The lowest BCUT2D eigenvalue weighted by atomic mass is 9.99. The predicted octanol–water partition coefficient (Wildman–Crippen LogP) is 6.94. The van der Waals surface area contributed by atoms with Crippen molar-refractivity contribution in [3.63, 3.8) is 0 Å². The average molecular weight is 453 g/mol. The van der Waals surface area contributed by atoms with Gasteiger partial charge in [-0.25, -0.2) is 9.97 Å². The van der Waals surface area contributed by atoms with Crippen LogP contribution in [0.15, 0.2) is 36.7 Å². The summed E-state index contributed by atoms with van der Waals surface area (Å²) in [5.41, 5.74) is 2.18. The Bertz CT molecular complexity index is 820. The molecule has 2 atom stereocenters. The standard InChI is InChI=1S/C28H40N2O3/c1-3-5-6-7-8-9-10-11-13-22-19-29-28(30-20-22)23-14-16-25(17-15-23)32-21-24-18-27(31)33-26(24)12-4-2/h14-17,19-20,24,26H,3-13,18,21H2,1-2H3. The summed E-state index contributed by atoms with van der Waals surface area (Å²) in [6.07, 6.45) is 17.9. The van der Waals surface area contributed by atoms with Gasteiger partial charge in [0.2, 0.25) is 0 Å². The third-order valence-electron chi connectivity index (χ3n) is 6.41. The summed E-state index contributed by atoms with van der Waals surface area (Å²) >= 11 is 0. The average Bonchev–Trinajstić information content (AvgIpc) is 3.19. The molecule has 1 aliphatic rings. The Morgan fingerprint density at radius 1 is 0.909 bits per heavy atom. The van der Waals surface area contributed by atoms with E-state index in [-0.39, 0.29) is 18.0 Å². The number of rotatable bonds is 15. The maximum atomic E-state index is 11.6. The summed E-state index contributed by atoms with van der Waals surface area (Å²) < 4.78 is 11.4. The van der Waals surface area contributed by atoms with Crippen molar-refractivity contribution in [2.75, 3.05) is 6.61 Å². The van der Waals surface area contributed by atoms with E-state index >= 15 is 0 Å². The molecule has 5 heteroatoms. The van der Waals surface area contributed by atoms with Crippen LogP contribution in [-0.4, -0.2) is 28.6 Å². The molecular weight excluding hydrogens is 412 g/mol. The first kappa shape index (κ1) is 25.2. The number of carbonyl (C=O) groups excluding carboxylic acids is 1. The highest BCUT2D eigenvalue weighted by Crippen LogP contribution is 2.27. The molecule has 2 heterocycles. The molecule has 1 fully saturated rings. The van der Waals surface area contributed by atoms with E-state index in [1.54, 1.807) is 0 Å². The van der Waals surface area contributed by atoms with Crippen molar-refractivity contribution in [3.05, 3.63) is 42.2 Å². The number of cyclic esters (lactones) is 1. The number of nitrogens with zero attached hydrogens (tertiary/aromatic N) is 2. The quantitative estimate of drug-likeness (QED) is 0.216. The van der Waals surface area contributed by atoms with Crippen LogP contribution >= 0.6 is 0 Å². The largest absolute Gasteiger partial charge is 0.493 e. The first-order valence-corrected chi connectivity index (χ1v) is 12.9. The zero-order chi connectivity index (χ0) is 23.3. The summed E-state index contributed by atoms with van der Waals surface area (Å²) in [5, 5.41) is 0. The van der Waals surface area contributed by atoms with Gasteiger partial charge in [0.05, 0.1) is 13.0 Å². The lowest BCUT2D eigenvalue weighted by Gasteiger charge is -2.17. The second-order valence-corrected chi connectivity index (χ2v) is 9.26. The van der Waals surface area contributed by atoms with E-state index in [9.17, 15) is 4.79 Å². The topological polar surface area (TPSA) is 61.3 Å². The molecule has 180 valence electrons. The van der Waals surface area contributed by atoms with Crippen LogP contribution in [0.25, 0.3) is 11.4 Å². The molecule has 0 saturated carbocycles. The maximum absolute atomic E-state index is 11.6. The van der Waals surface area contributed by atoms with E-state index in [4.69, 9.17) is 9.47 Å². The van der Waals surface area contributed by atoms with Gasteiger partial charge in [-0.05, 0) is 49.1 Å². The number of carbonyl (C=O) groups is 1. The van der Waals surface area contributed by atoms with E-state index in [0.29, 0.717) is 13.0 Å². The number of esters is 1. The molecule has 0 amide bonds. The van der Waals surface area contributed by atoms with Gasteiger partial charge in [-0.1, -0.05) is 65.2 Å². The van der Waals surface area contributed by atoms with Crippen LogP contribution in [0.5, 0.6) is 5.75 Å². The fraction of sp³-hybridized carbons (Fsp3) is 0.607. The summed E-state index contributed by atoms with van der Waals surface area (Å²) in [5.74, 6) is 1.55. The molecule has 3 rings (SSSR count). The van der Waals surface area contributed by atoms with Gasteiger partial charge >= 0.3 is 5.97 Å². The summed E-state index contributed by atoms with van der Waals surface area (Å²) in [7, 11) is 0. The van der Waals surface area contributed by atoms with Crippen LogP contribution in [-0.2, 0) is 16.0 Å². The van der Waals surface area contributed by atoms with Crippen molar-refractivity contribution < 1.29 is 14.3 Å². The second kappa shape index (κ2) is 14.0. The Morgan fingerprint density at radius 3 is 2.24 bits per heavy atom. The Hall–Kier alpha value is -2.43. The van der Waals surface area contributed by atoms with Crippen molar-refractivity contribution in [2.45, 2.75) is 97.0 Å². The van der Waals surface area contributed by atoms with Crippen molar-refractivity contribution in [1.82, 2.24) is 9.97 Å². The normalized spacial score (nSPS) is 17.8. The van der Waals surface area contributed by atoms with Crippen LogP contribution < -0.4 is 4.74 Å². The zero-order valence-electron chi connectivity index (χ0n) is 20.4. The minimum atomic E-state index is -0.111. The van der Waals surface area contributed by atoms with E-state index in [1.165, 1.54) is 56.9 Å². The van der Waals surface area contributed by atoms with Crippen molar-refractivity contribution in [3.8, 4) is 17.1 Å². The summed E-state index contributed by atoms with van der Waals surface area (Å²) in [6.45, 7) is 4.87. The van der Waals surface area contributed by atoms with E-state index < -0.39 is 0 Å². The highest BCUT2D eigenvalue weighted by atomic mass is 16.6. The minimum Gasteiger partial charge on any atom is -0.493 e. The lowest BCUT2D eigenvalue weighted by Crippen LogP contribution is -2.22. The molecule has 0 radical (unpaired) electrons. The number of aryl methyl sites for hydroxylation is 1. The van der Waals surface area contributed by atoms with E-state index in [0.717, 1.165) is 36.4 Å². The fourth-order valence-electron chi connectivity index (χ4n) is 4.40. The van der Waals surface area contributed by atoms with Gasteiger partial charge in [0.1, 0.15) is 11.9 Å². The molecular formula is C28H40N2O3. The number of unbranched alkanes of at least 4 members (excludes halogenated alkanes) is 7. The molecule has 0 bridgehead atoms. The maximum Gasteiger partial charge on any atom is 0.306 e. The van der Waals surface area contributed by atoms with Gasteiger partial charge in [0.25, 0.3) is 0 Å². The predicted molar refractivity (Wildman–Crippen MR) is 132 cm³/mol. The molecule has 0 N–H and O–H groups in total. The Kier molecular flexibility index (Phi) is 10.7. The molecule has 0 aliphatic carbocycles. The minimum absolute atomic E-state index is 0.0144. The van der Waals surface area contributed by atoms with Crippen molar-refractivity contribution in [1.29, 1.82) is 0 Å². The summed E-state index contributed by atoms with van der Waals surface area (Å²) in [6, 6.07) is 7.87. The molecule has 1 aliphatic heterocycles. The monoisotopic (exact) mass is 452 g/mol. The van der Waals surface area contributed by atoms with Crippen LogP contribution in [0.2, 0.25) is 0 Å². The molecule has 1 aromatic heterocycles. The Labute approximate surface area is 199 Å². The number of ether oxygens (including phenoxy) is 2. The lowest BCUT2D eigenvalue weighted by molar-refractivity contribution is -0.141. The molecule has 2 aromatic rings. The van der Waals surface area contributed by atoms with Crippen LogP contribution in [0.1, 0.15) is 90.0 Å². The molecule has 1 saturated heterocycles. The van der Waals surface area contributed by atoms with E-state index in [1.807, 2.05) is 36.7 Å². The fourth-order valence-corrected chi connectivity index (χ4v) is 4.40. The molecule has 1 aromatic carbocycles. The van der Waals surface area contributed by atoms with Crippen molar-refractivity contribution in [2.24, 2.45) is 5.92 Å². The molecule has 5 nitrogen and oxygen atoms in total. The van der Waals surface area contributed by atoms with Gasteiger partial charge < -0.3 is 9.47 Å². The molecule has 33 heavy (non-hydrogen) atoms. The van der Waals surface area contributed by atoms with Gasteiger partial charge in [-0.15, -0.1) is 0 Å². The highest BCUT2D eigenvalue weighted by Gasteiger charge is 2.34. The van der Waals surface area contributed by atoms with Gasteiger partial charge in [0, 0.05) is 23.9 Å². The van der Waals surface area contributed by atoms with Crippen LogP contribution in [0.3, 0.4) is 0 Å². The van der Waals surface area contributed by atoms with Crippen LogP contribution in [0.4, 0.5) is 0 Å². The third kappa shape index (κ3) is 8.45. The number of benzene rings is 1.